The average Bonchev–Trinajstić information content (AvgIpc) is 3.28. The van der Waals surface area contributed by atoms with Gasteiger partial charge in [-0.3, -0.25) is 9.69 Å². The minimum absolute atomic E-state index is 0.0785. The second-order valence-electron chi connectivity index (χ2n) is 7.37. The number of pyridine rings is 1. The maximum Gasteiger partial charge on any atom is 0.339 e. The Hall–Kier alpha value is -2.51. The van der Waals surface area contributed by atoms with Crippen LogP contribution in [0.1, 0.15) is 49.4 Å². The van der Waals surface area contributed by atoms with Crippen molar-refractivity contribution in [2.24, 2.45) is 0 Å². The Labute approximate surface area is 183 Å². The molecule has 1 aliphatic carbocycles. The van der Waals surface area contributed by atoms with Crippen LogP contribution in [0.15, 0.2) is 41.9 Å². The number of esters is 1. The zero-order valence-electron chi connectivity index (χ0n) is 16.6. The number of rotatable bonds is 5. The van der Waals surface area contributed by atoms with Crippen LogP contribution in [0, 0.1) is 0 Å². The number of carbonyl (C=O) groups is 2. The number of thiazole rings is 1. The summed E-state index contributed by atoms with van der Waals surface area (Å²) in [6.45, 7) is 1.61. The van der Waals surface area contributed by atoms with Crippen LogP contribution < -0.4 is 4.90 Å². The van der Waals surface area contributed by atoms with Crippen LogP contribution in [0.4, 0.5) is 5.13 Å². The predicted octanol–water partition coefficient (Wildman–Crippen LogP) is 5.26. The Morgan fingerprint density at radius 3 is 2.73 bits per heavy atom. The number of hydrogen-bond donors (Lipinski definition) is 0. The minimum Gasteiger partial charge on any atom is -0.449 e. The first-order chi connectivity index (χ1) is 14.5. The summed E-state index contributed by atoms with van der Waals surface area (Å²) in [7, 11) is 0. The lowest BCUT2D eigenvalue weighted by Gasteiger charge is -2.33. The van der Waals surface area contributed by atoms with E-state index >= 15 is 0 Å². The molecule has 0 radical (unpaired) electrons. The normalized spacial score (nSPS) is 15.7. The van der Waals surface area contributed by atoms with Gasteiger partial charge < -0.3 is 4.74 Å². The molecule has 2 heterocycles. The summed E-state index contributed by atoms with van der Waals surface area (Å²) < 4.78 is 5.59. The van der Waals surface area contributed by atoms with Crippen LogP contribution in [-0.2, 0) is 9.53 Å². The van der Waals surface area contributed by atoms with Gasteiger partial charge in [0.1, 0.15) is 5.15 Å². The molecule has 0 bridgehead atoms. The zero-order chi connectivity index (χ0) is 21.1. The van der Waals surface area contributed by atoms with Gasteiger partial charge in [-0.2, -0.15) is 0 Å². The number of halogens is 1. The molecule has 30 heavy (non-hydrogen) atoms. The highest BCUT2D eigenvalue weighted by molar-refractivity contribution is 7.13. The number of benzene rings is 1. The summed E-state index contributed by atoms with van der Waals surface area (Å²) in [6, 6.07) is 8.75. The molecule has 3 aromatic rings. The summed E-state index contributed by atoms with van der Waals surface area (Å²) in [5, 5.41) is 3.33. The number of ether oxygens (including phenoxy) is 1. The fraction of sp³-hybridized carbons (Fsp3) is 0.364. The monoisotopic (exact) mass is 443 g/mol. The van der Waals surface area contributed by atoms with Gasteiger partial charge in [0.2, 0.25) is 0 Å². The average molecular weight is 444 g/mol. The van der Waals surface area contributed by atoms with Gasteiger partial charge >= 0.3 is 5.97 Å². The molecule has 0 spiro atoms. The lowest BCUT2D eigenvalue weighted by Crippen LogP contribution is -2.47. The van der Waals surface area contributed by atoms with E-state index in [1.807, 2.05) is 17.5 Å². The van der Waals surface area contributed by atoms with Crippen molar-refractivity contribution in [3.63, 3.8) is 0 Å². The summed E-state index contributed by atoms with van der Waals surface area (Å²) in [6.07, 6.45) is 5.92. The number of hydrogen-bond acceptors (Lipinski definition) is 6. The van der Waals surface area contributed by atoms with E-state index in [-0.39, 0.29) is 17.1 Å². The lowest BCUT2D eigenvalue weighted by atomic mass is 9.94. The van der Waals surface area contributed by atoms with E-state index in [1.165, 1.54) is 23.8 Å². The van der Waals surface area contributed by atoms with Crippen LogP contribution in [0.25, 0.3) is 10.9 Å². The molecule has 1 fully saturated rings. The maximum atomic E-state index is 13.3. The molecule has 1 aromatic carbocycles. The van der Waals surface area contributed by atoms with Crippen molar-refractivity contribution in [3.05, 3.63) is 52.6 Å². The molecular formula is C22H22ClN3O3S. The minimum atomic E-state index is -0.950. The fourth-order valence-corrected chi connectivity index (χ4v) is 4.80. The van der Waals surface area contributed by atoms with Gasteiger partial charge in [0.05, 0.1) is 11.1 Å². The summed E-state index contributed by atoms with van der Waals surface area (Å²) in [5.74, 6) is -0.853. The number of para-hydroxylation sites is 1. The number of anilines is 1. The van der Waals surface area contributed by atoms with Gasteiger partial charge in [-0.05, 0) is 31.9 Å². The number of aromatic nitrogens is 2. The van der Waals surface area contributed by atoms with Crippen LogP contribution in [0.5, 0.6) is 0 Å². The first-order valence-electron chi connectivity index (χ1n) is 10.0. The highest BCUT2D eigenvalue weighted by Gasteiger charge is 2.33. The van der Waals surface area contributed by atoms with Gasteiger partial charge in [0, 0.05) is 23.0 Å². The maximum absolute atomic E-state index is 13.3. The smallest absolute Gasteiger partial charge is 0.339 e. The number of nitrogens with zero attached hydrogens (tertiary/aromatic N) is 3. The van der Waals surface area contributed by atoms with Crippen molar-refractivity contribution in [2.75, 3.05) is 4.90 Å². The van der Waals surface area contributed by atoms with Crippen molar-refractivity contribution in [2.45, 2.75) is 51.2 Å². The van der Waals surface area contributed by atoms with E-state index in [4.69, 9.17) is 16.3 Å². The van der Waals surface area contributed by atoms with E-state index in [0.29, 0.717) is 21.6 Å². The number of carbonyl (C=O) groups excluding carboxylic acids is 2. The van der Waals surface area contributed by atoms with E-state index < -0.39 is 12.1 Å². The van der Waals surface area contributed by atoms with Crippen molar-refractivity contribution in [1.82, 2.24) is 9.97 Å². The molecule has 156 valence electrons. The molecule has 1 unspecified atom stereocenters. The second-order valence-corrected chi connectivity index (χ2v) is 8.63. The quantitative estimate of drug-likeness (QED) is 0.397. The fourth-order valence-electron chi connectivity index (χ4n) is 3.89. The van der Waals surface area contributed by atoms with Crippen LogP contribution in [0.2, 0.25) is 5.15 Å². The molecule has 2 aromatic heterocycles. The van der Waals surface area contributed by atoms with Crippen LogP contribution >= 0.6 is 22.9 Å². The summed E-state index contributed by atoms with van der Waals surface area (Å²) in [5.41, 5.74) is 0.895. The van der Waals surface area contributed by atoms with E-state index in [1.54, 1.807) is 30.2 Å². The Morgan fingerprint density at radius 1 is 1.23 bits per heavy atom. The Balaban J connectivity index is 1.57. The third kappa shape index (κ3) is 4.32. The van der Waals surface area contributed by atoms with Crippen molar-refractivity contribution in [3.8, 4) is 0 Å². The molecule has 1 aliphatic rings. The highest BCUT2D eigenvalue weighted by atomic mass is 35.5. The highest BCUT2D eigenvalue weighted by Crippen LogP contribution is 2.30. The zero-order valence-corrected chi connectivity index (χ0v) is 18.2. The summed E-state index contributed by atoms with van der Waals surface area (Å²) >= 11 is 7.50. The largest absolute Gasteiger partial charge is 0.449 e. The van der Waals surface area contributed by atoms with Crippen LogP contribution in [0.3, 0.4) is 0 Å². The van der Waals surface area contributed by atoms with Crippen molar-refractivity contribution >= 4 is 50.8 Å². The van der Waals surface area contributed by atoms with Gasteiger partial charge in [0.15, 0.2) is 11.2 Å². The molecule has 0 saturated heterocycles. The van der Waals surface area contributed by atoms with Gasteiger partial charge in [0.25, 0.3) is 5.91 Å². The first-order valence-corrected chi connectivity index (χ1v) is 11.3. The molecule has 1 amide bonds. The molecule has 0 aliphatic heterocycles. The van der Waals surface area contributed by atoms with Crippen molar-refractivity contribution in [1.29, 1.82) is 0 Å². The second kappa shape index (κ2) is 9.10. The van der Waals surface area contributed by atoms with Crippen molar-refractivity contribution < 1.29 is 14.3 Å². The van der Waals surface area contributed by atoms with E-state index in [9.17, 15) is 9.59 Å². The Bertz CT molecular complexity index is 1050. The van der Waals surface area contributed by atoms with Gasteiger partial charge in [-0.15, -0.1) is 11.3 Å². The Kier molecular flexibility index (Phi) is 6.29. The molecular weight excluding hydrogens is 422 g/mol. The standard InChI is InChI=1S/C22H22ClN3O3S/c1-14(20(27)26(22-24-11-12-30-22)15-7-3-2-4-8-15)29-21(28)17-13-19(23)25-18-10-6-5-9-16(17)18/h5-6,9-15H,2-4,7-8H2,1H3. The molecule has 8 heteroatoms. The molecule has 0 N–H and O–H groups in total. The van der Waals surface area contributed by atoms with E-state index in [2.05, 4.69) is 9.97 Å². The van der Waals surface area contributed by atoms with E-state index in [0.717, 1.165) is 25.7 Å². The third-order valence-corrected chi connectivity index (χ3v) is 6.30. The van der Waals surface area contributed by atoms with Gasteiger partial charge in [-0.1, -0.05) is 49.1 Å². The first kappa shape index (κ1) is 20.8. The molecule has 4 rings (SSSR count). The molecule has 1 saturated carbocycles. The topological polar surface area (TPSA) is 72.4 Å². The lowest BCUT2D eigenvalue weighted by molar-refractivity contribution is -0.127. The molecule has 6 nitrogen and oxygen atoms in total. The predicted molar refractivity (Wildman–Crippen MR) is 118 cm³/mol. The van der Waals surface area contributed by atoms with Crippen LogP contribution in [-0.4, -0.2) is 34.0 Å². The number of amides is 1. The SMILES string of the molecule is CC(OC(=O)c1cc(Cl)nc2ccccc12)C(=O)N(c1nccs1)C1CCCCC1. The third-order valence-electron chi connectivity index (χ3n) is 5.34. The Morgan fingerprint density at radius 2 is 2.00 bits per heavy atom. The number of fused-ring (bicyclic) bond motifs is 1. The van der Waals surface area contributed by atoms with Gasteiger partial charge in [-0.25, -0.2) is 14.8 Å². The molecule has 1 atom stereocenters. The summed E-state index contributed by atoms with van der Waals surface area (Å²) in [4.78, 5) is 36.5.